The van der Waals surface area contributed by atoms with Crippen LogP contribution in [0.15, 0.2) is 29.1 Å². The lowest BCUT2D eigenvalue weighted by Gasteiger charge is -2.31. The highest BCUT2D eigenvalue weighted by molar-refractivity contribution is 14.1. The summed E-state index contributed by atoms with van der Waals surface area (Å²) in [7, 11) is 0. The first-order valence-corrected chi connectivity index (χ1v) is 7.01. The Morgan fingerprint density at radius 1 is 1.50 bits per heavy atom. The van der Waals surface area contributed by atoms with Crippen LogP contribution in [0.3, 0.4) is 0 Å². The zero-order valence-electron chi connectivity index (χ0n) is 10.0. The Hall–Kier alpha value is -0.320. The van der Waals surface area contributed by atoms with Crippen molar-refractivity contribution in [1.29, 1.82) is 0 Å². The van der Waals surface area contributed by atoms with Crippen LogP contribution in [0.25, 0.3) is 0 Å². The molecule has 1 unspecified atom stereocenters. The van der Waals surface area contributed by atoms with E-state index in [0.29, 0.717) is 6.10 Å². The van der Waals surface area contributed by atoms with Crippen molar-refractivity contribution < 1.29 is 4.74 Å². The molecule has 1 aliphatic rings. The minimum atomic E-state index is 0.360. The monoisotopic (exact) mass is 333 g/mol. The van der Waals surface area contributed by atoms with E-state index in [1.165, 1.54) is 6.42 Å². The van der Waals surface area contributed by atoms with Crippen molar-refractivity contribution in [3.8, 4) is 0 Å². The molecule has 0 heterocycles. The van der Waals surface area contributed by atoms with E-state index in [2.05, 4.69) is 41.2 Å². The SMILES string of the molecule is C=N/C=C\C(=C/C)O[C@H]1CC[C@H](C)C(I)C1. The van der Waals surface area contributed by atoms with E-state index in [1.807, 2.05) is 19.1 Å². The van der Waals surface area contributed by atoms with Crippen LogP contribution in [0.2, 0.25) is 0 Å². The van der Waals surface area contributed by atoms with Gasteiger partial charge in [-0.2, -0.15) is 0 Å². The summed E-state index contributed by atoms with van der Waals surface area (Å²) < 4.78 is 6.68. The fourth-order valence-corrected chi connectivity index (χ4v) is 2.79. The number of allylic oxidation sites excluding steroid dienone is 2. The second-order valence-electron chi connectivity index (χ2n) is 4.24. The number of aliphatic imine (C=N–C) groups is 1. The van der Waals surface area contributed by atoms with Gasteiger partial charge in [0.05, 0.1) is 6.10 Å². The Morgan fingerprint density at radius 3 is 2.81 bits per heavy atom. The summed E-state index contributed by atoms with van der Waals surface area (Å²) in [5.41, 5.74) is 0. The van der Waals surface area contributed by atoms with Crippen LogP contribution in [0.4, 0.5) is 0 Å². The summed E-state index contributed by atoms with van der Waals surface area (Å²) in [6.45, 7) is 7.72. The number of nitrogens with zero attached hydrogens (tertiary/aromatic N) is 1. The van der Waals surface area contributed by atoms with Gasteiger partial charge in [0, 0.05) is 10.1 Å². The van der Waals surface area contributed by atoms with Gasteiger partial charge >= 0.3 is 0 Å². The third-order valence-corrected chi connectivity index (χ3v) is 4.72. The van der Waals surface area contributed by atoms with Crippen molar-refractivity contribution in [3.63, 3.8) is 0 Å². The highest BCUT2D eigenvalue weighted by atomic mass is 127. The molecule has 1 saturated carbocycles. The maximum atomic E-state index is 5.94. The molecule has 0 spiro atoms. The van der Waals surface area contributed by atoms with Gasteiger partial charge in [-0.05, 0) is 51.0 Å². The first-order chi connectivity index (χ1) is 7.67. The Bertz CT molecular complexity index is 286. The minimum absolute atomic E-state index is 0.360. The number of hydrogen-bond acceptors (Lipinski definition) is 2. The van der Waals surface area contributed by atoms with E-state index in [1.54, 1.807) is 6.20 Å². The molecule has 0 aromatic heterocycles. The van der Waals surface area contributed by atoms with Gasteiger partial charge in [-0.15, -0.1) is 0 Å². The van der Waals surface area contributed by atoms with Gasteiger partial charge in [0.15, 0.2) is 0 Å². The summed E-state index contributed by atoms with van der Waals surface area (Å²) >= 11 is 2.54. The number of alkyl halides is 1. The molecular weight excluding hydrogens is 313 g/mol. The second kappa shape index (κ2) is 7.09. The van der Waals surface area contributed by atoms with Crippen molar-refractivity contribution in [2.24, 2.45) is 10.9 Å². The largest absolute Gasteiger partial charge is 0.491 e. The van der Waals surface area contributed by atoms with Gasteiger partial charge in [0.1, 0.15) is 5.76 Å². The summed E-state index contributed by atoms with van der Waals surface area (Å²) in [4.78, 5) is 3.69. The quantitative estimate of drug-likeness (QED) is 0.249. The standard InChI is InChI=1S/C13H20INO/c1-4-11(7-8-15-3)16-12-6-5-10(2)13(14)9-12/h4,7-8,10,12-13H,3,5-6,9H2,1-2H3/b8-7-,11-4+/t10-,12-,13?/m0/s1. The Kier molecular flexibility index (Phi) is 6.09. The number of ether oxygens (including phenoxy) is 1. The maximum Gasteiger partial charge on any atom is 0.116 e. The fourth-order valence-electron chi connectivity index (χ4n) is 1.86. The van der Waals surface area contributed by atoms with E-state index in [-0.39, 0.29) is 0 Å². The van der Waals surface area contributed by atoms with Crippen LogP contribution < -0.4 is 0 Å². The molecule has 0 amide bonds. The molecule has 3 atom stereocenters. The molecule has 0 N–H and O–H groups in total. The number of halogens is 1. The van der Waals surface area contributed by atoms with Crippen molar-refractivity contribution in [2.75, 3.05) is 0 Å². The zero-order chi connectivity index (χ0) is 12.0. The molecule has 16 heavy (non-hydrogen) atoms. The minimum Gasteiger partial charge on any atom is -0.491 e. The van der Waals surface area contributed by atoms with Gasteiger partial charge in [0.2, 0.25) is 0 Å². The molecule has 0 aliphatic heterocycles. The smallest absolute Gasteiger partial charge is 0.116 e. The van der Waals surface area contributed by atoms with Crippen LogP contribution in [0.5, 0.6) is 0 Å². The predicted octanol–water partition coefficient (Wildman–Crippen LogP) is 4.11. The normalized spacial score (nSPS) is 31.7. The van der Waals surface area contributed by atoms with Crippen molar-refractivity contribution in [1.82, 2.24) is 0 Å². The highest BCUT2D eigenvalue weighted by Crippen LogP contribution is 2.32. The third-order valence-electron chi connectivity index (χ3n) is 2.98. The van der Waals surface area contributed by atoms with Crippen molar-refractivity contribution in [3.05, 3.63) is 24.1 Å². The lowest BCUT2D eigenvalue weighted by atomic mass is 9.89. The third kappa shape index (κ3) is 4.28. The predicted molar refractivity (Wildman–Crippen MR) is 78.1 cm³/mol. The molecule has 0 radical (unpaired) electrons. The van der Waals surface area contributed by atoms with Gasteiger partial charge in [-0.25, -0.2) is 0 Å². The van der Waals surface area contributed by atoms with E-state index < -0.39 is 0 Å². The Morgan fingerprint density at radius 2 is 2.25 bits per heavy atom. The molecule has 90 valence electrons. The lowest BCUT2D eigenvalue weighted by molar-refractivity contribution is 0.0819. The van der Waals surface area contributed by atoms with E-state index in [0.717, 1.165) is 28.4 Å². The molecule has 1 rings (SSSR count). The van der Waals surface area contributed by atoms with Crippen LogP contribution in [0, 0.1) is 5.92 Å². The van der Waals surface area contributed by atoms with Crippen LogP contribution >= 0.6 is 22.6 Å². The average Bonchev–Trinajstić information content (AvgIpc) is 2.29. The second-order valence-corrected chi connectivity index (χ2v) is 5.84. The average molecular weight is 333 g/mol. The molecule has 0 bridgehead atoms. The summed E-state index contributed by atoms with van der Waals surface area (Å²) in [6.07, 6.45) is 9.44. The fraction of sp³-hybridized carbons (Fsp3) is 0.615. The van der Waals surface area contributed by atoms with E-state index in [4.69, 9.17) is 4.74 Å². The number of rotatable bonds is 4. The molecule has 1 aliphatic carbocycles. The molecule has 0 aromatic rings. The first kappa shape index (κ1) is 13.7. The molecular formula is C13H20INO. The van der Waals surface area contributed by atoms with E-state index in [9.17, 15) is 0 Å². The van der Waals surface area contributed by atoms with Crippen LogP contribution in [-0.4, -0.2) is 16.7 Å². The Labute approximate surface area is 112 Å². The van der Waals surface area contributed by atoms with Crippen LogP contribution in [0.1, 0.15) is 33.1 Å². The molecule has 0 aromatic carbocycles. The Balaban J connectivity index is 2.47. The zero-order valence-corrected chi connectivity index (χ0v) is 12.2. The topological polar surface area (TPSA) is 21.6 Å². The van der Waals surface area contributed by atoms with E-state index >= 15 is 0 Å². The van der Waals surface area contributed by atoms with Gasteiger partial charge < -0.3 is 4.74 Å². The summed E-state index contributed by atoms with van der Waals surface area (Å²) in [6, 6.07) is 0. The first-order valence-electron chi connectivity index (χ1n) is 5.76. The van der Waals surface area contributed by atoms with Crippen molar-refractivity contribution >= 4 is 29.3 Å². The highest BCUT2D eigenvalue weighted by Gasteiger charge is 2.26. The van der Waals surface area contributed by atoms with Gasteiger partial charge in [0.25, 0.3) is 0 Å². The van der Waals surface area contributed by atoms with Crippen LogP contribution in [-0.2, 0) is 4.74 Å². The maximum absolute atomic E-state index is 5.94. The lowest BCUT2D eigenvalue weighted by Crippen LogP contribution is -2.28. The molecule has 1 fully saturated rings. The summed E-state index contributed by atoms with van der Waals surface area (Å²) in [5.74, 6) is 1.72. The number of hydrogen-bond donors (Lipinski definition) is 0. The van der Waals surface area contributed by atoms with Gasteiger partial charge in [-0.1, -0.05) is 29.5 Å². The molecule has 2 nitrogen and oxygen atoms in total. The molecule has 3 heteroatoms. The molecule has 0 saturated heterocycles. The van der Waals surface area contributed by atoms with Gasteiger partial charge in [-0.3, -0.25) is 4.99 Å². The summed E-state index contributed by atoms with van der Waals surface area (Å²) in [5, 5.41) is 0. The van der Waals surface area contributed by atoms with Crippen molar-refractivity contribution in [2.45, 2.75) is 43.1 Å².